The van der Waals surface area contributed by atoms with Crippen molar-refractivity contribution in [1.29, 1.82) is 0 Å². The van der Waals surface area contributed by atoms with E-state index in [1.165, 1.54) is 6.92 Å². The van der Waals surface area contributed by atoms with Gasteiger partial charge in [-0.15, -0.1) is 0 Å². The summed E-state index contributed by atoms with van der Waals surface area (Å²) in [6.07, 6.45) is 2.95. The first-order chi connectivity index (χ1) is 8.23. The van der Waals surface area contributed by atoms with E-state index in [9.17, 15) is 18.0 Å². The largest absolute Gasteiger partial charge is 0.480 e. The van der Waals surface area contributed by atoms with E-state index >= 15 is 0 Å². The molecule has 2 N–H and O–H groups in total. The number of rotatable bonds is 4. The molecule has 2 atom stereocenters. The highest BCUT2D eigenvalue weighted by atomic mass is 32.2. The van der Waals surface area contributed by atoms with Crippen LogP contribution in [0.4, 0.5) is 0 Å². The second kappa shape index (κ2) is 5.66. The number of aliphatic carboxylic acids is 1. The number of nitrogens with one attached hydrogen (secondary N) is 1. The van der Waals surface area contributed by atoms with Gasteiger partial charge in [0.05, 0.1) is 6.26 Å². The van der Waals surface area contributed by atoms with Crippen LogP contribution < -0.4 is 5.32 Å². The molecule has 0 aromatic rings. The van der Waals surface area contributed by atoms with Crippen LogP contribution in [0.2, 0.25) is 0 Å². The Bertz CT molecular complexity index is 434. The zero-order chi connectivity index (χ0) is 13.9. The van der Waals surface area contributed by atoms with E-state index in [-0.39, 0.29) is 0 Å². The first-order valence-corrected chi connectivity index (χ1v) is 7.58. The van der Waals surface area contributed by atoms with Crippen molar-refractivity contribution in [2.75, 3.05) is 12.8 Å². The number of carbonyl (C=O) groups is 2. The Kier molecular flexibility index (Phi) is 4.69. The van der Waals surface area contributed by atoms with E-state index in [0.717, 1.165) is 17.0 Å². The van der Waals surface area contributed by atoms with Crippen molar-refractivity contribution < 1.29 is 23.1 Å². The fourth-order valence-electron chi connectivity index (χ4n) is 1.94. The monoisotopic (exact) mass is 278 g/mol. The number of amides is 1. The molecule has 0 radical (unpaired) electrons. The van der Waals surface area contributed by atoms with Gasteiger partial charge in [0.1, 0.15) is 12.1 Å². The summed E-state index contributed by atoms with van der Waals surface area (Å²) in [6.45, 7) is 1.65. The summed E-state index contributed by atoms with van der Waals surface area (Å²) < 4.78 is 24.2. The lowest BCUT2D eigenvalue weighted by atomic mass is 10.0. The predicted octanol–water partition coefficient (Wildman–Crippen LogP) is -0.610. The number of nitrogens with zero attached hydrogens (tertiary/aromatic N) is 1. The average Bonchev–Trinajstić information content (AvgIpc) is 2.27. The number of sulfonamides is 1. The third-order valence-electron chi connectivity index (χ3n) is 2.91. The Morgan fingerprint density at radius 2 is 2.00 bits per heavy atom. The molecule has 1 amide bonds. The molecule has 0 aromatic carbocycles. The van der Waals surface area contributed by atoms with E-state index < -0.39 is 34.0 Å². The van der Waals surface area contributed by atoms with E-state index in [1.807, 2.05) is 0 Å². The van der Waals surface area contributed by atoms with Gasteiger partial charge in [0.15, 0.2) is 0 Å². The highest BCUT2D eigenvalue weighted by Gasteiger charge is 2.35. The molecule has 1 aliphatic rings. The van der Waals surface area contributed by atoms with Crippen molar-refractivity contribution >= 4 is 21.9 Å². The Labute approximate surface area is 106 Å². The fourth-order valence-corrected chi connectivity index (χ4v) is 3.06. The van der Waals surface area contributed by atoms with E-state index in [4.69, 9.17) is 5.11 Å². The molecule has 0 spiro atoms. The summed E-state index contributed by atoms with van der Waals surface area (Å²) in [5.74, 6) is -1.69. The number of hydrogen-bond donors (Lipinski definition) is 2. The molecule has 0 aliphatic carbocycles. The molecule has 1 unspecified atom stereocenters. The molecule has 8 heteroatoms. The molecule has 7 nitrogen and oxygen atoms in total. The third kappa shape index (κ3) is 3.67. The van der Waals surface area contributed by atoms with Gasteiger partial charge in [0.25, 0.3) is 0 Å². The maximum absolute atomic E-state index is 11.9. The molecule has 104 valence electrons. The van der Waals surface area contributed by atoms with E-state index in [0.29, 0.717) is 19.4 Å². The maximum atomic E-state index is 11.9. The van der Waals surface area contributed by atoms with Gasteiger partial charge in [0.2, 0.25) is 15.9 Å². The standard InChI is InChI=1S/C10H18N2O5S/c1-7(10(14)15)11-9(13)8-5-3-4-6-12(8)18(2,16)17/h7-8H,3-6H2,1-2H3,(H,11,13)(H,14,15)/t7-,8?/m1/s1. The van der Waals surface area contributed by atoms with Crippen molar-refractivity contribution in [3.63, 3.8) is 0 Å². The highest BCUT2D eigenvalue weighted by molar-refractivity contribution is 7.88. The molecule has 0 saturated carbocycles. The second-order valence-corrected chi connectivity index (χ2v) is 6.39. The molecule has 1 rings (SSSR count). The number of piperidine rings is 1. The number of carbonyl (C=O) groups excluding carboxylic acids is 1. The molecule has 0 bridgehead atoms. The topological polar surface area (TPSA) is 104 Å². The third-order valence-corrected chi connectivity index (χ3v) is 4.20. The molecular formula is C10H18N2O5S. The summed E-state index contributed by atoms with van der Waals surface area (Å²) in [5, 5.41) is 11.0. The van der Waals surface area contributed by atoms with Gasteiger partial charge in [-0.3, -0.25) is 9.59 Å². The van der Waals surface area contributed by atoms with Crippen LogP contribution >= 0.6 is 0 Å². The van der Waals surface area contributed by atoms with Crippen LogP contribution in [0.1, 0.15) is 26.2 Å². The lowest BCUT2D eigenvalue weighted by Crippen LogP contribution is -2.54. The highest BCUT2D eigenvalue weighted by Crippen LogP contribution is 2.20. The Morgan fingerprint density at radius 1 is 1.39 bits per heavy atom. The molecule has 18 heavy (non-hydrogen) atoms. The van der Waals surface area contributed by atoms with Crippen LogP contribution in [-0.2, 0) is 19.6 Å². The summed E-state index contributed by atoms with van der Waals surface area (Å²) in [4.78, 5) is 22.5. The van der Waals surface area contributed by atoms with Crippen LogP contribution in [0, 0.1) is 0 Å². The van der Waals surface area contributed by atoms with Gasteiger partial charge < -0.3 is 10.4 Å². The lowest BCUT2D eigenvalue weighted by Gasteiger charge is -2.32. The Morgan fingerprint density at radius 3 is 2.50 bits per heavy atom. The normalized spacial score (nSPS) is 23.3. The maximum Gasteiger partial charge on any atom is 0.325 e. The smallest absolute Gasteiger partial charge is 0.325 e. The zero-order valence-corrected chi connectivity index (χ0v) is 11.2. The quantitative estimate of drug-likeness (QED) is 0.714. The number of carboxylic acid groups (broad SMARTS) is 1. The van der Waals surface area contributed by atoms with Crippen molar-refractivity contribution in [3.05, 3.63) is 0 Å². The van der Waals surface area contributed by atoms with Crippen molar-refractivity contribution in [2.45, 2.75) is 38.3 Å². The SMILES string of the molecule is C[C@@H](NC(=O)C1CCCCN1S(C)(=O)=O)C(=O)O. The Balaban J connectivity index is 2.78. The first kappa shape index (κ1) is 14.9. The molecule has 1 saturated heterocycles. The molecular weight excluding hydrogens is 260 g/mol. The van der Waals surface area contributed by atoms with Gasteiger partial charge in [0, 0.05) is 6.54 Å². The van der Waals surface area contributed by atoms with Gasteiger partial charge in [-0.25, -0.2) is 8.42 Å². The lowest BCUT2D eigenvalue weighted by molar-refractivity contribution is -0.142. The summed E-state index contributed by atoms with van der Waals surface area (Å²) in [6, 6.07) is -1.82. The van der Waals surface area contributed by atoms with Crippen LogP contribution in [0.5, 0.6) is 0 Å². The van der Waals surface area contributed by atoms with Crippen LogP contribution in [0.3, 0.4) is 0 Å². The second-order valence-electron chi connectivity index (χ2n) is 4.45. The van der Waals surface area contributed by atoms with Crippen LogP contribution in [0.25, 0.3) is 0 Å². The van der Waals surface area contributed by atoms with Gasteiger partial charge in [-0.1, -0.05) is 6.42 Å². The van der Waals surface area contributed by atoms with E-state index in [2.05, 4.69) is 5.32 Å². The number of hydrogen-bond acceptors (Lipinski definition) is 4. The van der Waals surface area contributed by atoms with Crippen molar-refractivity contribution in [3.8, 4) is 0 Å². The summed E-state index contributed by atoms with van der Waals surface area (Å²) in [7, 11) is -3.45. The van der Waals surface area contributed by atoms with Gasteiger partial charge in [-0.05, 0) is 19.8 Å². The van der Waals surface area contributed by atoms with Crippen molar-refractivity contribution in [2.24, 2.45) is 0 Å². The zero-order valence-electron chi connectivity index (χ0n) is 10.4. The molecule has 1 aliphatic heterocycles. The minimum atomic E-state index is -3.45. The molecule has 1 heterocycles. The van der Waals surface area contributed by atoms with Crippen molar-refractivity contribution in [1.82, 2.24) is 9.62 Å². The predicted molar refractivity (Wildman–Crippen MR) is 64.4 cm³/mol. The van der Waals surface area contributed by atoms with Gasteiger partial charge >= 0.3 is 5.97 Å². The van der Waals surface area contributed by atoms with E-state index in [1.54, 1.807) is 0 Å². The fraction of sp³-hybridized carbons (Fsp3) is 0.800. The average molecular weight is 278 g/mol. The van der Waals surface area contributed by atoms with Crippen LogP contribution in [0.15, 0.2) is 0 Å². The minimum Gasteiger partial charge on any atom is -0.480 e. The number of carboxylic acids is 1. The minimum absolute atomic E-state index is 0.304. The molecule has 0 aromatic heterocycles. The summed E-state index contributed by atoms with van der Waals surface area (Å²) in [5.41, 5.74) is 0. The summed E-state index contributed by atoms with van der Waals surface area (Å²) >= 11 is 0. The van der Waals surface area contributed by atoms with Crippen LogP contribution in [-0.4, -0.2) is 54.6 Å². The first-order valence-electron chi connectivity index (χ1n) is 5.73. The van der Waals surface area contributed by atoms with Gasteiger partial charge in [-0.2, -0.15) is 4.31 Å². The molecule has 1 fully saturated rings. The Hall–Kier alpha value is -1.15.